The number of thioether (sulfide) groups is 1. The van der Waals surface area contributed by atoms with Crippen LogP contribution in [-0.4, -0.2) is 27.4 Å². The summed E-state index contributed by atoms with van der Waals surface area (Å²) < 4.78 is 0. The van der Waals surface area contributed by atoms with Gasteiger partial charge in [0.2, 0.25) is 5.91 Å². The van der Waals surface area contributed by atoms with Crippen LogP contribution in [0.1, 0.15) is 50.0 Å². The monoisotopic (exact) mass is 330 g/mol. The molecule has 2 amide bonds. The maximum absolute atomic E-state index is 12.3. The molecule has 1 spiro atoms. The average Bonchev–Trinajstić information content (AvgIpc) is 3.40. The Morgan fingerprint density at radius 1 is 1.13 bits per heavy atom. The molecule has 0 atom stereocenters. The summed E-state index contributed by atoms with van der Waals surface area (Å²) >= 11 is 1.71. The molecule has 1 aliphatic heterocycles. The van der Waals surface area contributed by atoms with Crippen LogP contribution in [0.15, 0.2) is 30.3 Å². The maximum Gasteiger partial charge on any atom is 0.252 e. The van der Waals surface area contributed by atoms with Crippen molar-refractivity contribution < 1.29 is 9.59 Å². The van der Waals surface area contributed by atoms with Crippen molar-refractivity contribution in [3.8, 4) is 0 Å². The van der Waals surface area contributed by atoms with E-state index in [0.717, 1.165) is 38.5 Å². The lowest BCUT2D eigenvalue weighted by Gasteiger charge is -2.42. The SMILES string of the molecule is O=C(NN1C(=O)CSC12CCC(c1ccccc1)CC2)C1CC1. The summed E-state index contributed by atoms with van der Waals surface area (Å²) in [5.74, 6) is 1.28. The molecule has 4 rings (SSSR count). The third-order valence-electron chi connectivity index (χ3n) is 5.33. The van der Waals surface area contributed by atoms with Gasteiger partial charge in [0, 0.05) is 5.92 Å². The predicted molar refractivity (Wildman–Crippen MR) is 90.6 cm³/mol. The van der Waals surface area contributed by atoms with Gasteiger partial charge in [-0.2, -0.15) is 0 Å². The molecule has 1 aromatic carbocycles. The van der Waals surface area contributed by atoms with Crippen LogP contribution in [0.4, 0.5) is 0 Å². The van der Waals surface area contributed by atoms with Crippen molar-refractivity contribution in [2.45, 2.75) is 49.3 Å². The van der Waals surface area contributed by atoms with E-state index in [1.54, 1.807) is 16.8 Å². The highest BCUT2D eigenvalue weighted by Crippen LogP contribution is 2.49. The first-order chi connectivity index (χ1) is 11.2. The number of hydrogen-bond donors (Lipinski definition) is 1. The summed E-state index contributed by atoms with van der Waals surface area (Å²) in [5, 5.41) is 1.68. The Labute approximate surface area is 141 Å². The minimum absolute atomic E-state index is 0.0328. The van der Waals surface area contributed by atoms with Crippen LogP contribution in [0.2, 0.25) is 0 Å². The zero-order valence-corrected chi connectivity index (χ0v) is 14.0. The lowest BCUT2D eigenvalue weighted by Crippen LogP contribution is -2.56. The molecule has 4 nitrogen and oxygen atoms in total. The van der Waals surface area contributed by atoms with E-state index >= 15 is 0 Å². The van der Waals surface area contributed by atoms with Crippen molar-refractivity contribution in [3.63, 3.8) is 0 Å². The van der Waals surface area contributed by atoms with Crippen molar-refractivity contribution in [2.24, 2.45) is 5.92 Å². The van der Waals surface area contributed by atoms with Crippen molar-refractivity contribution >= 4 is 23.6 Å². The number of hydrazine groups is 1. The zero-order chi connectivity index (χ0) is 15.9. The quantitative estimate of drug-likeness (QED) is 0.927. The summed E-state index contributed by atoms with van der Waals surface area (Å²) in [4.78, 5) is 24.2. The Bertz CT molecular complexity index is 607. The van der Waals surface area contributed by atoms with Crippen LogP contribution in [-0.2, 0) is 9.59 Å². The second-order valence-corrected chi connectivity index (χ2v) is 8.24. The highest BCUT2D eigenvalue weighted by Gasteiger charge is 2.50. The molecule has 1 N–H and O–H groups in total. The number of nitrogens with zero attached hydrogens (tertiary/aromatic N) is 1. The fourth-order valence-electron chi connectivity index (χ4n) is 3.76. The average molecular weight is 330 g/mol. The van der Waals surface area contributed by atoms with Gasteiger partial charge in [-0.1, -0.05) is 30.3 Å². The molecule has 2 aliphatic carbocycles. The third kappa shape index (κ3) is 2.87. The highest BCUT2D eigenvalue weighted by molar-refractivity contribution is 8.01. The second-order valence-electron chi connectivity index (χ2n) is 6.90. The lowest BCUT2D eigenvalue weighted by molar-refractivity contribution is -0.143. The molecule has 5 heteroatoms. The molecular weight excluding hydrogens is 308 g/mol. The third-order valence-corrected chi connectivity index (χ3v) is 6.85. The van der Waals surface area contributed by atoms with Crippen LogP contribution in [0, 0.1) is 5.92 Å². The molecule has 0 bridgehead atoms. The van der Waals surface area contributed by atoms with Gasteiger partial charge in [-0.05, 0) is 50.0 Å². The van der Waals surface area contributed by atoms with Gasteiger partial charge in [-0.25, -0.2) is 5.01 Å². The van der Waals surface area contributed by atoms with Gasteiger partial charge < -0.3 is 0 Å². The van der Waals surface area contributed by atoms with E-state index in [1.807, 2.05) is 0 Å². The first-order valence-corrected chi connectivity index (χ1v) is 9.49. The van der Waals surface area contributed by atoms with E-state index in [-0.39, 0.29) is 22.6 Å². The minimum Gasteiger partial charge on any atom is -0.273 e. The molecule has 1 aromatic rings. The topological polar surface area (TPSA) is 49.4 Å². The fourth-order valence-corrected chi connectivity index (χ4v) is 5.08. The lowest BCUT2D eigenvalue weighted by atomic mass is 9.81. The van der Waals surface area contributed by atoms with Gasteiger partial charge in [0.05, 0.1) is 5.75 Å². The van der Waals surface area contributed by atoms with Crippen LogP contribution in [0.3, 0.4) is 0 Å². The Morgan fingerprint density at radius 3 is 2.48 bits per heavy atom. The molecule has 2 saturated carbocycles. The Balaban J connectivity index is 1.45. The molecule has 1 heterocycles. The molecule has 3 fully saturated rings. The zero-order valence-electron chi connectivity index (χ0n) is 13.2. The Hall–Kier alpha value is -1.49. The molecular formula is C18H22N2O2S. The number of nitrogens with one attached hydrogen (secondary N) is 1. The molecule has 23 heavy (non-hydrogen) atoms. The Kier molecular flexibility index (Phi) is 3.84. The van der Waals surface area contributed by atoms with Gasteiger partial charge in [0.1, 0.15) is 4.87 Å². The fraction of sp³-hybridized carbons (Fsp3) is 0.556. The van der Waals surface area contributed by atoms with Crippen molar-refractivity contribution in [3.05, 3.63) is 35.9 Å². The van der Waals surface area contributed by atoms with E-state index in [0.29, 0.717) is 11.7 Å². The van der Waals surface area contributed by atoms with E-state index in [1.165, 1.54) is 5.56 Å². The van der Waals surface area contributed by atoms with Gasteiger partial charge in [0.25, 0.3) is 5.91 Å². The molecule has 0 radical (unpaired) electrons. The first-order valence-electron chi connectivity index (χ1n) is 8.50. The number of amides is 2. The standard InChI is InChI=1S/C18H22N2O2S/c21-16-12-23-18(20(16)19-17(22)15-6-7-15)10-8-14(9-11-18)13-4-2-1-3-5-13/h1-5,14-15H,6-12H2,(H,19,22). The van der Waals surface area contributed by atoms with Crippen LogP contribution < -0.4 is 5.43 Å². The minimum atomic E-state index is -0.215. The van der Waals surface area contributed by atoms with Gasteiger partial charge in [-0.15, -0.1) is 11.8 Å². The summed E-state index contributed by atoms with van der Waals surface area (Å²) in [6, 6.07) is 10.6. The molecule has 0 unspecified atom stereocenters. The summed E-state index contributed by atoms with van der Waals surface area (Å²) in [6.45, 7) is 0. The largest absolute Gasteiger partial charge is 0.273 e. The van der Waals surface area contributed by atoms with Crippen LogP contribution in [0.25, 0.3) is 0 Å². The number of rotatable bonds is 3. The first kappa shape index (κ1) is 15.1. The van der Waals surface area contributed by atoms with Gasteiger partial charge in [-0.3, -0.25) is 15.0 Å². The van der Waals surface area contributed by atoms with E-state index in [9.17, 15) is 9.59 Å². The summed E-state index contributed by atoms with van der Waals surface area (Å²) in [7, 11) is 0. The smallest absolute Gasteiger partial charge is 0.252 e. The van der Waals surface area contributed by atoms with Crippen molar-refractivity contribution in [2.75, 3.05) is 5.75 Å². The molecule has 0 aromatic heterocycles. The highest BCUT2D eigenvalue weighted by atomic mass is 32.2. The van der Waals surface area contributed by atoms with Crippen LogP contribution >= 0.6 is 11.8 Å². The molecule has 1 saturated heterocycles. The number of hydrogen-bond acceptors (Lipinski definition) is 3. The summed E-state index contributed by atoms with van der Waals surface area (Å²) in [6.07, 6.45) is 5.97. The van der Waals surface area contributed by atoms with Crippen molar-refractivity contribution in [1.29, 1.82) is 0 Å². The maximum atomic E-state index is 12.3. The number of benzene rings is 1. The normalized spacial score (nSPS) is 30.7. The number of carbonyl (C=O) groups excluding carboxylic acids is 2. The van der Waals surface area contributed by atoms with E-state index < -0.39 is 0 Å². The summed E-state index contributed by atoms with van der Waals surface area (Å²) in [5.41, 5.74) is 4.32. The van der Waals surface area contributed by atoms with Gasteiger partial charge in [0.15, 0.2) is 0 Å². The van der Waals surface area contributed by atoms with Crippen molar-refractivity contribution in [1.82, 2.24) is 10.4 Å². The second kappa shape index (κ2) is 5.86. The van der Waals surface area contributed by atoms with Gasteiger partial charge >= 0.3 is 0 Å². The number of carbonyl (C=O) groups is 2. The Morgan fingerprint density at radius 2 is 1.83 bits per heavy atom. The predicted octanol–water partition coefficient (Wildman–Crippen LogP) is 3.06. The van der Waals surface area contributed by atoms with E-state index in [2.05, 4.69) is 35.8 Å². The molecule has 122 valence electrons. The van der Waals surface area contributed by atoms with Crippen LogP contribution in [0.5, 0.6) is 0 Å². The van der Waals surface area contributed by atoms with E-state index in [4.69, 9.17) is 0 Å². The molecule has 3 aliphatic rings.